The molecule has 0 saturated carbocycles. The van der Waals surface area contributed by atoms with Gasteiger partial charge < -0.3 is 37.5 Å². The number of phenolic OH excluding ortho intramolecular Hbond substituents is 1. The Bertz CT molecular complexity index is 1300. The number of fused-ring (bicyclic) bond motifs is 4. The fourth-order valence-electron chi connectivity index (χ4n) is 4.41. The number of benzene rings is 2. The van der Waals surface area contributed by atoms with Gasteiger partial charge in [0.25, 0.3) is 0 Å². The smallest absolute Gasteiger partial charge is 0.314 e. The number of hydrogen-bond donors (Lipinski definition) is 3. The van der Waals surface area contributed by atoms with E-state index in [1.54, 1.807) is 13.1 Å². The zero-order valence-corrected chi connectivity index (χ0v) is 19.6. The van der Waals surface area contributed by atoms with Crippen molar-refractivity contribution < 1.29 is 31.6 Å². The first kappa shape index (κ1) is 23.6. The van der Waals surface area contributed by atoms with Crippen molar-refractivity contribution in [3.8, 4) is 5.75 Å². The monoisotopic (exact) mass is 456 g/mol. The Morgan fingerprint density at radius 2 is 1.91 bits per heavy atom. The van der Waals surface area contributed by atoms with E-state index in [0.29, 0.717) is 19.8 Å². The number of amides is 2. The highest BCUT2D eigenvalue weighted by Crippen LogP contribution is 2.38. The van der Waals surface area contributed by atoms with Gasteiger partial charge in [-0.15, -0.1) is 0 Å². The third kappa shape index (κ3) is 4.18. The number of nitrogens with one attached hydrogen (secondary N) is 2. The van der Waals surface area contributed by atoms with Crippen LogP contribution in [0.2, 0.25) is 0 Å². The Morgan fingerprint density at radius 3 is 2.66 bits per heavy atom. The molecule has 0 aliphatic heterocycles. The maximum absolute atomic E-state index is 11.1. The maximum Gasteiger partial charge on any atom is 0.314 e. The van der Waals surface area contributed by atoms with E-state index in [1.807, 2.05) is 12.1 Å². The summed E-state index contributed by atoms with van der Waals surface area (Å²) in [6.45, 7) is 6.55. The third-order valence-electron chi connectivity index (χ3n) is 5.99. The number of phenols is 1. The highest BCUT2D eigenvalue weighted by Gasteiger charge is 2.18. The van der Waals surface area contributed by atoms with Crippen LogP contribution in [-0.2, 0) is 18.3 Å². The lowest BCUT2D eigenvalue weighted by Crippen LogP contribution is -3.00. The first-order chi connectivity index (χ1) is 14.9. The topological polar surface area (TPSA) is 79.4 Å². The molecular weight excluding hydrogens is 428 g/mol. The number of rotatable bonds is 6. The molecule has 0 unspecified atom stereocenters. The summed E-state index contributed by atoms with van der Waals surface area (Å²) in [6, 6.07) is 7.54. The van der Waals surface area contributed by atoms with E-state index in [0.717, 1.165) is 17.4 Å². The van der Waals surface area contributed by atoms with E-state index < -0.39 is 0 Å². The normalized spacial score (nSPS) is 11.1. The van der Waals surface area contributed by atoms with Gasteiger partial charge in [-0.05, 0) is 48.6 Å². The van der Waals surface area contributed by atoms with E-state index in [-0.39, 0.29) is 24.2 Å². The van der Waals surface area contributed by atoms with Crippen LogP contribution in [0.3, 0.4) is 0 Å². The van der Waals surface area contributed by atoms with Gasteiger partial charge >= 0.3 is 6.03 Å². The number of aromatic hydroxyl groups is 1. The minimum absolute atomic E-state index is 0. The number of carbonyl (C=O) groups is 1. The lowest BCUT2D eigenvalue weighted by Gasteiger charge is -2.10. The number of aromatic nitrogens is 2. The van der Waals surface area contributed by atoms with E-state index >= 15 is 0 Å². The van der Waals surface area contributed by atoms with Crippen molar-refractivity contribution in [1.82, 2.24) is 15.2 Å². The highest BCUT2D eigenvalue weighted by atomic mass is 35.5. The van der Waals surface area contributed by atoms with Gasteiger partial charge in [0, 0.05) is 48.4 Å². The van der Waals surface area contributed by atoms with Crippen LogP contribution in [0.15, 0.2) is 36.7 Å². The van der Waals surface area contributed by atoms with E-state index in [9.17, 15) is 9.90 Å². The van der Waals surface area contributed by atoms with Crippen molar-refractivity contribution in [3.05, 3.63) is 47.8 Å². The average molecular weight is 457 g/mol. The number of nitrogens with zero attached hydrogens (tertiary/aromatic N) is 2. The zero-order chi connectivity index (χ0) is 22.1. The average Bonchev–Trinajstić information content (AvgIpc) is 3.06. The van der Waals surface area contributed by atoms with Crippen LogP contribution in [0.5, 0.6) is 5.75 Å². The van der Waals surface area contributed by atoms with Crippen LogP contribution in [0.1, 0.15) is 11.1 Å². The van der Waals surface area contributed by atoms with Gasteiger partial charge in [0.05, 0.1) is 12.1 Å². The van der Waals surface area contributed by atoms with Crippen molar-refractivity contribution >= 4 is 38.6 Å². The summed E-state index contributed by atoms with van der Waals surface area (Å²) in [7, 11) is 3.67. The summed E-state index contributed by atoms with van der Waals surface area (Å²) >= 11 is 0. The number of aryl methyl sites for hydroxylation is 3. The van der Waals surface area contributed by atoms with Crippen molar-refractivity contribution in [2.24, 2.45) is 7.05 Å². The summed E-state index contributed by atoms with van der Waals surface area (Å²) in [4.78, 5) is 11.1. The van der Waals surface area contributed by atoms with Gasteiger partial charge in [0.2, 0.25) is 0 Å². The molecule has 3 N–H and O–H groups in total. The number of pyridine rings is 1. The highest BCUT2D eigenvalue weighted by molar-refractivity contribution is 6.17. The molecule has 7 nitrogen and oxygen atoms in total. The summed E-state index contributed by atoms with van der Waals surface area (Å²) in [6.07, 6.45) is 4.26. The molecule has 0 atom stereocenters. The van der Waals surface area contributed by atoms with Gasteiger partial charge in [-0.3, -0.25) is 0 Å². The molecule has 4 aromatic rings. The second-order valence-corrected chi connectivity index (χ2v) is 7.86. The molecule has 0 fully saturated rings. The van der Waals surface area contributed by atoms with Crippen LogP contribution < -0.4 is 27.6 Å². The minimum atomic E-state index is -0.202. The largest absolute Gasteiger partial charge is 1.00 e. The van der Waals surface area contributed by atoms with Crippen LogP contribution in [-0.4, -0.2) is 42.5 Å². The van der Waals surface area contributed by atoms with Gasteiger partial charge in [-0.2, -0.15) is 0 Å². The standard InChI is InChI=1S/C24H28N4O3.ClH/c1-15-20-14-28(10-12-31-11-8-26-24(30)25-3)9-7-18(20)16(2)23-22(15)19-13-17(29)5-6-21(19)27(23)4;/h5-7,9,13-14H,8,10-12H2,1-4H3,(H2-,25,26,29,30);1H. The molecule has 32 heavy (non-hydrogen) atoms. The third-order valence-corrected chi connectivity index (χ3v) is 5.99. The molecule has 2 heterocycles. The molecule has 0 saturated heterocycles. The molecule has 0 bridgehead atoms. The summed E-state index contributed by atoms with van der Waals surface area (Å²) < 4.78 is 10.00. The summed E-state index contributed by atoms with van der Waals surface area (Å²) in [5.74, 6) is 0.281. The fraction of sp³-hybridized carbons (Fsp3) is 0.333. The van der Waals surface area contributed by atoms with Crippen molar-refractivity contribution in [1.29, 1.82) is 0 Å². The van der Waals surface area contributed by atoms with Gasteiger partial charge in [-0.25, -0.2) is 9.36 Å². The molecule has 8 heteroatoms. The SMILES string of the molecule is CNC(=O)NCCOCC[n+]1ccc2c(C)c3c(c(C)c2c1)c1cc(O)ccc1n3C.[Cl-]. The molecule has 170 valence electrons. The zero-order valence-electron chi connectivity index (χ0n) is 18.8. The van der Waals surface area contributed by atoms with Crippen LogP contribution in [0.25, 0.3) is 32.6 Å². The number of ether oxygens (including phenoxy) is 1. The van der Waals surface area contributed by atoms with Crippen molar-refractivity contribution in [3.63, 3.8) is 0 Å². The van der Waals surface area contributed by atoms with Gasteiger partial charge in [-0.1, -0.05) is 0 Å². The van der Waals surface area contributed by atoms with Crippen molar-refractivity contribution in [2.75, 3.05) is 26.8 Å². The maximum atomic E-state index is 11.1. The predicted molar refractivity (Wildman–Crippen MR) is 123 cm³/mol. The molecule has 0 aliphatic rings. The minimum Gasteiger partial charge on any atom is -1.00 e. The molecule has 2 aromatic carbocycles. The van der Waals surface area contributed by atoms with Crippen molar-refractivity contribution in [2.45, 2.75) is 20.4 Å². The van der Waals surface area contributed by atoms with Crippen LogP contribution in [0.4, 0.5) is 4.79 Å². The number of urea groups is 1. The predicted octanol–water partition coefficient (Wildman–Crippen LogP) is 0.0442. The molecule has 4 rings (SSSR count). The number of carbonyl (C=O) groups excluding carboxylic acids is 1. The molecule has 2 aromatic heterocycles. The Morgan fingerprint density at radius 1 is 1.12 bits per heavy atom. The second-order valence-electron chi connectivity index (χ2n) is 7.86. The summed E-state index contributed by atoms with van der Waals surface area (Å²) in [5, 5.41) is 20.0. The van der Waals surface area contributed by atoms with Crippen LogP contribution >= 0.6 is 0 Å². The lowest BCUT2D eigenvalue weighted by molar-refractivity contribution is -0.697. The molecule has 0 radical (unpaired) electrons. The number of hydrogen-bond acceptors (Lipinski definition) is 3. The Balaban J connectivity index is 0.00000289. The summed E-state index contributed by atoms with van der Waals surface area (Å²) in [5.41, 5.74) is 4.76. The Kier molecular flexibility index (Phi) is 7.11. The van der Waals surface area contributed by atoms with Gasteiger partial charge in [0.15, 0.2) is 18.9 Å². The van der Waals surface area contributed by atoms with E-state index in [2.05, 4.69) is 59.1 Å². The lowest BCUT2D eigenvalue weighted by atomic mass is 9.97. The van der Waals surface area contributed by atoms with Crippen LogP contribution in [0, 0.1) is 13.8 Å². The van der Waals surface area contributed by atoms with Gasteiger partial charge in [0.1, 0.15) is 12.4 Å². The first-order valence-corrected chi connectivity index (χ1v) is 10.5. The second kappa shape index (κ2) is 9.63. The van der Waals surface area contributed by atoms with E-state index in [1.165, 1.54) is 32.8 Å². The molecule has 2 amide bonds. The Labute approximate surface area is 193 Å². The number of halogens is 1. The molecular formula is C24H29ClN4O3. The Hall–Kier alpha value is -3.03. The quantitative estimate of drug-likeness (QED) is 0.283. The molecule has 0 spiro atoms. The molecule has 0 aliphatic carbocycles. The fourth-order valence-corrected chi connectivity index (χ4v) is 4.41. The van der Waals surface area contributed by atoms with E-state index in [4.69, 9.17) is 4.74 Å². The first-order valence-electron chi connectivity index (χ1n) is 10.5.